The molecule has 0 aliphatic heterocycles. The highest BCUT2D eigenvalue weighted by Gasteiger charge is 2.35. The number of benzene rings is 11. The molecule has 0 unspecified atom stereocenters. The SMILES string of the molecule is CC1(C)c2ccccc2-c2ccc(-c3cccc(N(c4cc(-c5ccccc5-n5c6ccccc6c6ccccc65)c5oc6ccccc6c5c4)c4cc5ccccc5c5ccccc45)c3)cc21. The maximum atomic E-state index is 6.99. The molecule has 1 aliphatic carbocycles. The lowest BCUT2D eigenvalue weighted by Gasteiger charge is -2.29. The number of nitrogens with zero attached hydrogens (tertiary/aromatic N) is 2. The summed E-state index contributed by atoms with van der Waals surface area (Å²) in [5.41, 5.74) is 18.1. The number of para-hydroxylation sites is 4. The summed E-state index contributed by atoms with van der Waals surface area (Å²) in [5, 5.41) is 9.42. The molecule has 0 N–H and O–H groups in total. The Kier molecular flexibility index (Phi) is 8.33. The summed E-state index contributed by atoms with van der Waals surface area (Å²) in [6.45, 7) is 4.72. The Balaban J connectivity index is 1.05. The standard InChI is InChI=1S/C65H44N2O/c1-65(2)57-29-12-7-23-48(57)49-35-34-42(37-58(49)65)41-19-17-20-44(36-41)66(62-38-43-18-3-4-21-46(43)47-22-5-6-24-50(47)62)45-39-55(64-56(40-45)54-28-11-16-33-63(54)68-64)53-27-10-15-32-61(53)67-59-30-13-8-25-51(59)52-26-9-14-31-60(52)67/h3-40H,1-2H3. The second kappa shape index (κ2) is 14.7. The highest BCUT2D eigenvalue weighted by molar-refractivity contribution is 6.17. The van der Waals surface area contributed by atoms with Gasteiger partial charge in [-0.25, -0.2) is 0 Å². The van der Waals surface area contributed by atoms with Gasteiger partial charge in [0.15, 0.2) is 0 Å². The van der Waals surface area contributed by atoms with Crippen LogP contribution in [0.5, 0.6) is 0 Å². The van der Waals surface area contributed by atoms with Crippen LogP contribution >= 0.6 is 0 Å². The zero-order valence-electron chi connectivity index (χ0n) is 37.7. The molecule has 320 valence electrons. The van der Waals surface area contributed by atoms with Crippen LogP contribution in [0.2, 0.25) is 0 Å². The molecule has 0 amide bonds. The molecule has 14 rings (SSSR count). The fraction of sp³-hybridized carbons (Fsp3) is 0.0462. The van der Waals surface area contributed by atoms with E-state index >= 15 is 0 Å². The molecule has 0 saturated heterocycles. The minimum atomic E-state index is -0.107. The second-order valence-electron chi connectivity index (χ2n) is 18.8. The molecule has 0 spiro atoms. The summed E-state index contributed by atoms with van der Waals surface area (Å²) in [6, 6.07) is 84.6. The van der Waals surface area contributed by atoms with Gasteiger partial charge in [0.05, 0.1) is 22.4 Å². The highest BCUT2D eigenvalue weighted by atomic mass is 16.3. The van der Waals surface area contributed by atoms with Crippen molar-refractivity contribution in [2.75, 3.05) is 4.90 Å². The lowest BCUT2D eigenvalue weighted by atomic mass is 9.81. The monoisotopic (exact) mass is 868 g/mol. The van der Waals surface area contributed by atoms with Crippen molar-refractivity contribution in [3.8, 4) is 39.1 Å². The minimum absolute atomic E-state index is 0.107. The van der Waals surface area contributed by atoms with E-state index in [0.29, 0.717) is 0 Å². The Bertz CT molecular complexity index is 4150. The predicted octanol–water partition coefficient (Wildman–Crippen LogP) is 18.1. The Morgan fingerprint density at radius 3 is 1.81 bits per heavy atom. The van der Waals surface area contributed by atoms with Gasteiger partial charge in [0.1, 0.15) is 11.2 Å². The quantitative estimate of drug-likeness (QED) is 0.155. The molecular formula is C65H44N2O. The third-order valence-electron chi connectivity index (χ3n) is 14.7. The molecule has 3 nitrogen and oxygen atoms in total. The number of aromatic nitrogens is 1. The van der Waals surface area contributed by atoms with Gasteiger partial charge in [0, 0.05) is 54.8 Å². The van der Waals surface area contributed by atoms with Crippen molar-refractivity contribution in [3.05, 3.63) is 242 Å². The maximum absolute atomic E-state index is 6.99. The van der Waals surface area contributed by atoms with E-state index in [1.165, 1.54) is 65.7 Å². The maximum Gasteiger partial charge on any atom is 0.143 e. The fourth-order valence-electron chi connectivity index (χ4n) is 11.6. The van der Waals surface area contributed by atoms with Gasteiger partial charge in [-0.05, 0) is 110 Å². The number of rotatable bonds is 6. The Hall–Kier alpha value is -8.66. The van der Waals surface area contributed by atoms with Crippen LogP contribution in [0.1, 0.15) is 25.0 Å². The van der Waals surface area contributed by atoms with E-state index in [4.69, 9.17) is 4.42 Å². The van der Waals surface area contributed by atoms with Gasteiger partial charge in [-0.2, -0.15) is 0 Å². The third-order valence-corrected chi connectivity index (χ3v) is 14.7. The molecule has 0 saturated carbocycles. The summed E-state index contributed by atoms with van der Waals surface area (Å²) in [5.74, 6) is 0. The van der Waals surface area contributed by atoms with Crippen LogP contribution in [0.25, 0.3) is 104 Å². The zero-order valence-corrected chi connectivity index (χ0v) is 37.7. The summed E-state index contributed by atoms with van der Waals surface area (Å²) >= 11 is 0. The van der Waals surface area contributed by atoms with Gasteiger partial charge in [-0.15, -0.1) is 0 Å². The first-order valence-corrected chi connectivity index (χ1v) is 23.6. The first kappa shape index (κ1) is 38.6. The van der Waals surface area contributed by atoms with Crippen molar-refractivity contribution in [3.63, 3.8) is 0 Å². The molecule has 13 aromatic rings. The van der Waals surface area contributed by atoms with Crippen LogP contribution in [0.4, 0.5) is 17.1 Å². The van der Waals surface area contributed by atoms with E-state index in [0.717, 1.165) is 66.8 Å². The summed E-state index contributed by atoms with van der Waals surface area (Å²) in [6.07, 6.45) is 0. The van der Waals surface area contributed by atoms with Crippen molar-refractivity contribution < 1.29 is 4.42 Å². The summed E-state index contributed by atoms with van der Waals surface area (Å²) in [4.78, 5) is 2.49. The van der Waals surface area contributed by atoms with Gasteiger partial charge >= 0.3 is 0 Å². The normalized spacial score (nSPS) is 13.0. The number of furan rings is 1. The van der Waals surface area contributed by atoms with E-state index < -0.39 is 0 Å². The average Bonchev–Trinajstić information content (AvgIpc) is 4.01. The average molecular weight is 869 g/mol. The Morgan fingerprint density at radius 1 is 0.382 bits per heavy atom. The van der Waals surface area contributed by atoms with Gasteiger partial charge in [-0.1, -0.05) is 184 Å². The predicted molar refractivity (Wildman–Crippen MR) is 286 cm³/mol. The summed E-state index contributed by atoms with van der Waals surface area (Å²) in [7, 11) is 0. The van der Waals surface area contributed by atoms with E-state index in [-0.39, 0.29) is 5.41 Å². The smallest absolute Gasteiger partial charge is 0.143 e. The van der Waals surface area contributed by atoms with Crippen LogP contribution < -0.4 is 4.90 Å². The van der Waals surface area contributed by atoms with E-state index in [9.17, 15) is 0 Å². The van der Waals surface area contributed by atoms with Crippen LogP contribution in [0.15, 0.2) is 235 Å². The first-order chi connectivity index (χ1) is 33.5. The summed E-state index contributed by atoms with van der Waals surface area (Å²) < 4.78 is 9.41. The topological polar surface area (TPSA) is 21.3 Å². The largest absolute Gasteiger partial charge is 0.455 e. The lowest BCUT2D eigenvalue weighted by Crippen LogP contribution is -2.14. The Morgan fingerprint density at radius 2 is 1.00 bits per heavy atom. The molecule has 0 radical (unpaired) electrons. The van der Waals surface area contributed by atoms with Crippen molar-refractivity contribution in [2.45, 2.75) is 19.3 Å². The lowest BCUT2D eigenvalue weighted by molar-refractivity contribution is 0.660. The number of anilines is 3. The van der Waals surface area contributed by atoms with Crippen LogP contribution in [0, 0.1) is 0 Å². The molecule has 3 heteroatoms. The van der Waals surface area contributed by atoms with E-state index in [2.05, 4.69) is 254 Å². The molecular weight excluding hydrogens is 825 g/mol. The molecule has 1 aliphatic rings. The minimum Gasteiger partial charge on any atom is -0.455 e. The van der Waals surface area contributed by atoms with Gasteiger partial charge in [0.25, 0.3) is 0 Å². The van der Waals surface area contributed by atoms with Crippen LogP contribution in [-0.2, 0) is 5.41 Å². The van der Waals surface area contributed by atoms with Crippen LogP contribution in [0.3, 0.4) is 0 Å². The molecule has 2 aromatic heterocycles. The highest BCUT2D eigenvalue weighted by Crippen LogP contribution is 2.51. The number of hydrogen-bond donors (Lipinski definition) is 0. The van der Waals surface area contributed by atoms with Gasteiger partial charge in [-0.3, -0.25) is 0 Å². The fourth-order valence-corrected chi connectivity index (χ4v) is 11.6. The second-order valence-corrected chi connectivity index (χ2v) is 18.8. The Labute approximate surface area is 394 Å². The molecule has 0 bridgehead atoms. The van der Waals surface area contributed by atoms with E-state index in [1.807, 2.05) is 0 Å². The van der Waals surface area contributed by atoms with Crippen molar-refractivity contribution in [1.29, 1.82) is 0 Å². The van der Waals surface area contributed by atoms with Gasteiger partial charge in [0.2, 0.25) is 0 Å². The van der Waals surface area contributed by atoms with Crippen molar-refractivity contribution in [2.24, 2.45) is 0 Å². The molecule has 68 heavy (non-hydrogen) atoms. The third kappa shape index (κ3) is 5.66. The zero-order chi connectivity index (χ0) is 45.1. The van der Waals surface area contributed by atoms with Gasteiger partial charge < -0.3 is 13.9 Å². The van der Waals surface area contributed by atoms with E-state index in [1.54, 1.807) is 0 Å². The van der Waals surface area contributed by atoms with Crippen LogP contribution in [-0.4, -0.2) is 4.57 Å². The molecule has 0 fully saturated rings. The molecule has 11 aromatic carbocycles. The first-order valence-electron chi connectivity index (χ1n) is 23.6. The molecule has 2 heterocycles. The number of fused-ring (bicyclic) bond motifs is 12. The number of hydrogen-bond acceptors (Lipinski definition) is 2. The van der Waals surface area contributed by atoms with Crippen molar-refractivity contribution in [1.82, 2.24) is 4.57 Å². The molecule has 0 atom stereocenters. The van der Waals surface area contributed by atoms with Crippen molar-refractivity contribution >= 4 is 82.4 Å².